The summed E-state index contributed by atoms with van der Waals surface area (Å²) < 4.78 is 28.8. The Kier molecular flexibility index (Phi) is 6.51. The molecule has 0 radical (unpaired) electrons. The lowest BCUT2D eigenvalue weighted by molar-refractivity contribution is -0.379. The van der Waals surface area contributed by atoms with E-state index < -0.39 is 29.2 Å². The first-order chi connectivity index (χ1) is 16.1. The lowest BCUT2D eigenvalue weighted by Gasteiger charge is -2.27. The second-order valence-electron chi connectivity index (χ2n) is 7.85. The summed E-state index contributed by atoms with van der Waals surface area (Å²) in [5, 5.41) is 35.4. The monoisotopic (exact) mass is 495 g/mol. The van der Waals surface area contributed by atoms with Crippen molar-refractivity contribution in [2.75, 3.05) is 29.0 Å². The molecular formula is C20H23F2N7O4S. The van der Waals surface area contributed by atoms with Crippen LogP contribution in [0.4, 0.5) is 25.3 Å². The molecule has 1 amide bonds. The predicted octanol–water partition coefficient (Wildman–Crippen LogP) is 0.982. The van der Waals surface area contributed by atoms with E-state index in [4.69, 9.17) is 11.5 Å². The van der Waals surface area contributed by atoms with Gasteiger partial charge in [-0.1, -0.05) is 17.4 Å². The van der Waals surface area contributed by atoms with Crippen molar-refractivity contribution in [2.45, 2.75) is 31.4 Å². The summed E-state index contributed by atoms with van der Waals surface area (Å²) in [5.74, 6) is -2.49. The predicted molar refractivity (Wildman–Crippen MR) is 121 cm³/mol. The SMILES string of the molecule is Nc1sc(-c2c(F)cccc2F)nc1C(=O)Nc1cnn(C(O)(O)O)c1N1CCC[C@@H](N)CC1. The van der Waals surface area contributed by atoms with E-state index in [1.807, 2.05) is 0 Å². The van der Waals surface area contributed by atoms with Crippen molar-refractivity contribution in [3.8, 4) is 10.6 Å². The molecule has 1 aliphatic rings. The second kappa shape index (κ2) is 9.23. The molecule has 14 heteroatoms. The number of nitrogen functional groups attached to an aromatic ring is 1. The van der Waals surface area contributed by atoms with Crippen LogP contribution in [-0.2, 0) is 6.10 Å². The Morgan fingerprint density at radius 2 is 1.91 bits per heavy atom. The number of aliphatic hydroxyl groups is 3. The number of rotatable bonds is 5. The quantitative estimate of drug-likeness (QED) is 0.282. The van der Waals surface area contributed by atoms with E-state index in [2.05, 4.69) is 15.4 Å². The Morgan fingerprint density at radius 3 is 2.59 bits per heavy atom. The summed E-state index contributed by atoms with van der Waals surface area (Å²) in [7, 11) is 0. The van der Waals surface area contributed by atoms with Gasteiger partial charge in [0, 0.05) is 19.1 Å². The number of carbonyl (C=O) groups is 1. The van der Waals surface area contributed by atoms with Crippen LogP contribution < -0.4 is 21.7 Å². The van der Waals surface area contributed by atoms with E-state index >= 15 is 0 Å². The van der Waals surface area contributed by atoms with Crippen LogP contribution in [0.2, 0.25) is 0 Å². The van der Waals surface area contributed by atoms with Crippen LogP contribution in [0.1, 0.15) is 29.8 Å². The van der Waals surface area contributed by atoms with E-state index in [0.717, 1.165) is 36.1 Å². The molecule has 3 heterocycles. The fourth-order valence-corrected chi connectivity index (χ4v) is 4.65. The van der Waals surface area contributed by atoms with Gasteiger partial charge in [0.15, 0.2) is 11.5 Å². The average Bonchev–Trinajstić information content (AvgIpc) is 3.27. The number of anilines is 3. The molecule has 1 fully saturated rings. The summed E-state index contributed by atoms with van der Waals surface area (Å²) in [6.07, 6.45) is -0.187. The Hall–Kier alpha value is -3.17. The van der Waals surface area contributed by atoms with Gasteiger partial charge in [0.1, 0.15) is 27.3 Å². The van der Waals surface area contributed by atoms with Crippen LogP contribution in [0.3, 0.4) is 0 Å². The number of nitrogens with two attached hydrogens (primary N) is 2. The molecule has 0 saturated carbocycles. The van der Waals surface area contributed by atoms with Gasteiger partial charge in [0.2, 0.25) is 0 Å². The van der Waals surface area contributed by atoms with Crippen molar-refractivity contribution >= 4 is 33.8 Å². The smallest absolute Gasteiger partial charge is 0.389 e. The first-order valence-electron chi connectivity index (χ1n) is 10.3. The summed E-state index contributed by atoms with van der Waals surface area (Å²) in [5.41, 5.74) is 11.3. The fourth-order valence-electron chi connectivity index (χ4n) is 3.77. The Morgan fingerprint density at radius 1 is 1.21 bits per heavy atom. The largest absolute Gasteiger partial charge is 0.390 e. The van der Waals surface area contributed by atoms with Crippen LogP contribution in [-0.4, -0.2) is 55.1 Å². The van der Waals surface area contributed by atoms with Crippen LogP contribution in [0.25, 0.3) is 10.6 Å². The zero-order valence-electron chi connectivity index (χ0n) is 17.8. The molecule has 4 rings (SSSR count). The van der Waals surface area contributed by atoms with Crippen LogP contribution in [0.5, 0.6) is 0 Å². The molecule has 0 aliphatic carbocycles. The van der Waals surface area contributed by atoms with E-state index in [9.17, 15) is 28.9 Å². The number of amides is 1. The summed E-state index contributed by atoms with van der Waals surface area (Å²) in [6, 6.07) is 3.29. The number of nitrogens with one attached hydrogen (secondary N) is 1. The molecule has 1 aromatic carbocycles. The zero-order valence-corrected chi connectivity index (χ0v) is 18.6. The highest BCUT2D eigenvalue weighted by molar-refractivity contribution is 7.19. The third kappa shape index (κ3) is 4.71. The van der Waals surface area contributed by atoms with Gasteiger partial charge in [0.25, 0.3) is 5.91 Å². The molecule has 11 nitrogen and oxygen atoms in total. The second-order valence-corrected chi connectivity index (χ2v) is 8.88. The highest BCUT2D eigenvalue weighted by atomic mass is 32.1. The van der Waals surface area contributed by atoms with Gasteiger partial charge in [-0.15, -0.1) is 0 Å². The van der Waals surface area contributed by atoms with E-state index in [1.165, 1.54) is 6.07 Å². The number of aromatic nitrogens is 3. The minimum Gasteiger partial charge on any atom is -0.389 e. The third-order valence-corrected chi connectivity index (χ3v) is 6.30. The Balaban J connectivity index is 1.66. The maximum atomic E-state index is 14.1. The number of thiazole rings is 1. The van der Waals surface area contributed by atoms with Crippen molar-refractivity contribution in [1.82, 2.24) is 14.8 Å². The summed E-state index contributed by atoms with van der Waals surface area (Å²) >= 11 is 0.740. The molecule has 34 heavy (non-hydrogen) atoms. The molecule has 1 aliphatic heterocycles. The standard InChI is InChI=1S/C20H23F2N7O4S/c21-11-4-1-5-12(22)14(11)18-27-15(16(24)34-18)17(30)26-13-9-25-29(20(31,32)33)19(13)28-7-2-3-10(23)6-8-28/h1,4-5,9-10,31-33H,2-3,6-8,23-24H2,(H,26,30)/t10-/m1/s1. The van der Waals surface area contributed by atoms with Gasteiger partial charge in [0.05, 0.1) is 11.8 Å². The van der Waals surface area contributed by atoms with Crippen molar-refractivity contribution in [3.63, 3.8) is 0 Å². The van der Waals surface area contributed by atoms with E-state index in [-0.39, 0.29) is 33.2 Å². The van der Waals surface area contributed by atoms with Crippen molar-refractivity contribution in [3.05, 3.63) is 41.7 Å². The molecule has 2 aromatic heterocycles. The highest BCUT2D eigenvalue weighted by Gasteiger charge is 2.32. The van der Waals surface area contributed by atoms with Gasteiger partial charge in [-0.3, -0.25) is 4.79 Å². The molecule has 0 spiro atoms. The minimum absolute atomic E-state index is 0.0316. The number of hydrogen-bond donors (Lipinski definition) is 6. The lowest BCUT2D eigenvalue weighted by atomic mass is 10.1. The summed E-state index contributed by atoms with van der Waals surface area (Å²) in [6.45, 7) is 0.856. The molecule has 3 aromatic rings. The molecule has 0 unspecified atom stereocenters. The maximum absolute atomic E-state index is 14.1. The summed E-state index contributed by atoms with van der Waals surface area (Å²) in [4.78, 5) is 18.7. The van der Waals surface area contributed by atoms with Gasteiger partial charge in [-0.2, -0.15) is 9.78 Å². The highest BCUT2D eigenvalue weighted by Crippen LogP contribution is 2.35. The molecular weight excluding hydrogens is 472 g/mol. The average molecular weight is 496 g/mol. The van der Waals surface area contributed by atoms with E-state index in [1.54, 1.807) is 4.90 Å². The van der Waals surface area contributed by atoms with Crippen LogP contribution >= 0.6 is 11.3 Å². The van der Waals surface area contributed by atoms with Gasteiger partial charge in [-0.25, -0.2) is 13.8 Å². The number of benzene rings is 1. The normalized spacial score (nSPS) is 17.0. The van der Waals surface area contributed by atoms with Gasteiger partial charge < -0.3 is 37.0 Å². The first kappa shape index (κ1) is 24.0. The molecule has 0 bridgehead atoms. The van der Waals surface area contributed by atoms with Crippen LogP contribution in [0.15, 0.2) is 24.4 Å². The maximum Gasteiger partial charge on any atom is 0.390 e. The molecule has 182 valence electrons. The first-order valence-corrected chi connectivity index (χ1v) is 11.2. The van der Waals surface area contributed by atoms with Crippen LogP contribution in [0, 0.1) is 11.6 Å². The Bertz CT molecular complexity index is 1190. The van der Waals surface area contributed by atoms with Crippen molar-refractivity contribution < 1.29 is 28.9 Å². The van der Waals surface area contributed by atoms with Gasteiger partial charge in [-0.05, 0) is 31.4 Å². The third-order valence-electron chi connectivity index (χ3n) is 5.39. The number of hydrogen-bond acceptors (Lipinski definition) is 10. The van der Waals surface area contributed by atoms with Gasteiger partial charge >= 0.3 is 6.10 Å². The van der Waals surface area contributed by atoms with Crippen molar-refractivity contribution in [1.29, 1.82) is 0 Å². The minimum atomic E-state index is -3.33. The molecule has 1 saturated heterocycles. The fraction of sp³-hybridized carbons (Fsp3) is 0.350. The molecule has 8 N–H and O–H groups in total. The lowest BCUT2D eigenvalue weighted by Crippen LogP contribution is -2.38. The molecule has 1 atom stereocenters. The number of carbonyl (C=O) groups excluding carboxylic acids is 1. The van der Waals surface area contributed by atoms with Crippen molar-refractivity contribution in [2.24, 2.45) is 5.73 Å². The Labute approximate surface area is 196 Å². The topological polar surface area (TPSA) is 176 Å². The zero-order chi connectivity index (χ0) is 24.6. The number of halogens is 2. The number of nitrogens with zero attached hydrogens (tertiary/aromatic N) is 4. The van der Waals surface area contributed by atoms with E-state index in [0.29, 0.717) is 30.6 Å².